The lowest BCUT2D eigenvalue weighted by molar-refractivity contribution is -0.129. The Balaban J connectivity index is 1.87. The molecule has 2 N–H and O–H groups in total. The molecule has 0 radical (unpaired) electrons. The van der Waals surface area contributed by atoms with Crippen molar-refractivity contribution in [3.05, 3.63) is 11.1 Å². The number of nitrogens with zero attached hydrogens (tertiary/aromatic N) is 2. The highest BCUT2D eigenvalue weighted by Crippen LogP contribution is 2.16. The number of aromatic nitrogens is 1. The van der Waals surface area contributed by atoms with E-state index < -0.39 is 0 Å². The molecule has 20 heavy (non-hydrogen) atoms. The Hall–Kier alpha value is -1.63. The van der Waals surface area contributed by atoms with Crippen molar-refractivity contribution in [2.24, 2.45) is 0 Å². The highest BCUT2D eigenvalue weighted by molar-refractivity contribution is 7.13. The van der Waals surface area contributed by atoms with Crippen LogP contribution in [0.25, 0.3) is 0 Å². The summed E-state index contributed by atoms with van der Waals surface area (Å²) in [6, 6.07) is 0.0299. The number of hydrogen-bond donors (Lipinski definition) is 2. The van der Waals surface area contributed by atoms with Gasteiger partial charge in [-0.05, 0) is 13.3 Å². The quantitative estimate of drug-likeness (QED) is 0.859. The van der Waals surface area contributed by atoms with Gasteiger partial charge in [0, 0.05) is 37.5 Å². The number of rotatable bonds is 5. The summed E-state index contributed by atoms with van der Waals surface area (Å²) in [5.41, 5.74) is 0.436. The second-order valence-electron chi connectivity index (χ2n) is 4.72. The first-order valence-electron chi connectivity index (χ1n) is 6.92. The van der Waals surface area contributed by atoms with Crippen LogP contribution in [0.15, 0.2) is 5.38 Å². The summed E-state index contributed by atoms with van der Waals surface area (Å²) in [6.07, 6.45) is 1.32. The Bertz CT molecular complexity index is 488. The van der Waals surface area contributed by atoms with Crippen molar-refractivity contribution in [1.29, 1.82) is 0 Å². The first kappa shape index (κ1) is 14.8. The normalized spacial score (nSPS) is 18.1. The van der Waals surface area contributed by atoms with E-state index in [4.69, 9.17) is 0 Å². The van der Waals surface area contributed by atoms with Crippen LogP contribution in [0, 0.1) is 0 Å². The summed E-state index contributed by atoms with van der Waals surface area (Å²) < 4.78 is 0. The first-order chi connectivity index (χ1) is 9.63. The van der Waals surface area contributed by atoms with Crippen molar-refractivity contribution in [2.75, 3.05) is 25.0 Å². The van der Waals surface area contributed by atoms with Gasteiger partial charge in [-0.1, -0.05) is 6.92 Å². The largest absolute Gasteiger partial charge is 0.362 e. The molecule has 0 spiro atoms. The van der Waals surface area contributed by atoms with E-state index in [-0.39, 0.29) is 17.9 Å². The van der Waals surface area contributed by atoms with Crippen LogP contribution in [0.5, 0.6) is 0 Å². The van der Waals surface area contributed by atoms with Gasteiger partial charge in [-0.25, -0.2) is 4.98 Å². The molecule has 1 fully saturated rings. The van der Waals surface area contributed by atoms with Gasteiger partial charge in [-0.2, -0.15) is 0 Å². The van der Waals surface area contributed by atoms with Crippen LogP contribution in [0.4, 0.5) is 5.13 Å². The molecule has 1 aromatic heterocycles. The lowest BCUT2D eigenvalue weighted by Crippen LogP contribution is -2.38. The smallest absolute Gasteiger partial charge is 0.271 e. The van der Waals surface area contributed by atoms with Gasteiger partial charge < -0.3 is 15.5 Å². The van der Waals surface area contributed by atoms with Gasteiger partial charge in [0.1, 0.15) is 5.69 Å². The predicted octanol–water partition coefficient (Wildman–Crippen LogP) is 1.32. The number of likely N-dealkylation sites (tertiary alicyclic amines) is 1. The molecule has 0 saturated carbocycles. The molecule has 0 bridgehead atoms. The Morgan fingerprint density at radius 3 is 3.00 bits per heavy atom. The zero-order valence-electron chi connectivity index (χ0n) is 11.8. The van der Waals surface area contributed by atoms with Crippen LogP contribution < -0.4 is 10.6 Å². The third-order valence-corrected chi connectivity index (χ3v) is 4.04. The third kappa shape index (κ3) is 3.47. The second-order valence-corrected chi connectivity index (χ2v) is 5.58. The van der Waals surface area contributed by atoms with Gasteiger partial charge in [0.15, 0.2) is 5.13 Å². The minimum absolute atomic E-state index is 0.0299. The summed E-state index contributed by atoms with van der Waals surface area (Å²) in [7, 11) is 0. The van der Waals surface area contributed by atoms with Crippen LogP contribution in [-0.2, 0) is 4.79 Å². The molecule has 1 saturated heterocycles. The Labute approximate surface area is 122 Å². The predicted molar refractivity (Wildman–Crippen MR) is 79.0 cm³/mol. The maximum Gasteiger partial charge on any atom is 0.271 e. The van der Waals surface area contributed by atoms with E-state index in [2.05, 4.69) is 15.6 Å². The molecule has 2 rings (SSSR count). The van der Waals surface area contributed by atoms with E-state index in [1.54, 1.807) is 10.3 Å². The number of carbonyl (C=O) groups is 2. The zero-order chi connectivity index (χ0) is 14.5. The Morgan fingerprint density at radius 2 is 2.30 bits per heavy atom. The maximum atomic E-state index is 12.1. The van der Waals surface area contributed by atoms with E-state index in [9.17, 15) is 9.59 Å². The fourth-order valence-corrected chi connectivity index (χ4v) is 2.96. The molecule has 1 aromatic rings. The molecule has 6 nitrogen and oxygen atoms in total. The fourth-order valence-electron chi connectivity index (χ4n) is 2.20. The standard InChI is InChI=1S/C13H20N4O2S/c1-3-11(18)17-6-5-9(7-17)15-12(19)10-8-20-13(16-10)14-4-2/h8-9H,3-7H2,1-2H3,(H,14,16)(H,15,19). The van der Waals surface area contributed by atoms with Crippen LogP contribution in [0.3, 0.4) is 0 Å². The maximum absolute atomic E-state index is 12.1. The van der Waals surface area contributed by atoms with Crippen LogP contribution in [0.1, 0.15) is 37.2 Å². The lowest BCUT2D eigenvalue weighted by atomic mass is 10.2. The molecule has 110 valence electrons. The monoisotopic (exact) mass is 296 g/mol. The Kier molecular flexibility index (Phi) is 4.94. The van der Waals surface area contributed by atoms with E-state index >= 15 is 0 Å². The molecule has 1 aliphatic heterocycles. The van der Waals surface area contributed by atoms with Crippen molar-refractivity contribution in [1.82, 2.24) is 15.2 Å². The average molecular weight is 296 g/mol. The zero-order valence-corrected chi connectivity index (χ0v) is 12.6. The van der Waals surface area contributed by atoms with Gasteiger partial charge in [0.2, 0.25) is 5.91 Å². The number of amides is 2. The van der Waals surface area contributed by atoms with E-state index in [0.29, 0.717) is 18.7 Å². The molecular weight excluding hydrogens is 276 g/mol. The fraction of sp³-hybridized carbons (Fsp3) is 0.615. The van der Waals surface area contributed by atoms with Gasteiger partial charge >= 0.3 is 0 Å². The average Bonchev–Trinajstić information content (AvgIpc) is 3.07. The van der Waals surface area contributed by atoms with Gasteiger partial charge in [0.25, 0.3) is 5.91 Å². The van der Waals surface area contributed by atoms with Crippen LogP contribution >= 0.6 is 11.3 Å². The molecular formula is C13H20N4O2S. The molecule has 1 aliphatic rings. The van der Waals surface area contributed by atoms with Gasteiger partial charge in [0.05, 0.1) is 0 Å². The highest BCUT2D eigenvalue weighted by atomic mass is 32.1. The Morgan fingerprint density at radius 1 is 1.50 bits per heavy atom. The van der Waals surface area contributed by atoms with Gasteiger partial charge in [-0.3, -0.25) is 9.59 Å². The molecule has 0 aliphatic carbocycles. The number of anilines is 1. The number of carbonyl (C=O) groups excluding carboxylic acids is 2. The van der Waals surface area contributed by atoms with E-state index in [0.717, 1.165) is 24.6 Å². The van der Waals surface area contributed by atoms with Crippen molar-refractivity contribution in [3.63, 3.8) is 0 Å². The van der Waals surface area contributed by atoms with E-state index in [1.807, 2.05) is 13.8 Å². The first-order valence-corrected chi connectivity index (χ1v) is 7.80. The number of thiazole rings is 1. The van der Waals surface area contributed by atoms with Gasteiger partial charge in [-0.15, -0.1) is 11.3 Å². The van der Waals surface area contributed by atoms with Crippen molar-refractivity contribution in [2.45, 2.75) is 32.7 Å². The molecule has 2 amide bonds. The lowest BCUT2D eigenvalue weighted by Gasteiger charge is -2.15. The van der Waals surface area contributed by atoms with Crippen LogP contribution in [0.2, 0.25) is 0 Å². The number of hydrogen-bond acceptors (Lipinski definition) is 5. The highest BCUT2D eigenvalue weighted by Gasteiger charge is 2.27. The summed E-state index contributed by atoms with van der Waals surface area (Å²) in [5, 5.41) is 8.53. The van der Waals surface area contributed by atoms with Crippen molar-refractivity contribution in [3.8, 4) is 0 Å². The molecule has 1 unspecified atom stereocenters. The topological polar surface area (TPSA) is 74.3 Å². The summed E-state index contributed by atoms with van der Waals surface area (Å²) in [6.45, 7) is 5.94. The molecule has 0 aromatic carbocycles. The summed E-state index contributed by atoms with van der Waals surface area (Å²) in [4.78, 5) is 29.7. The van der Waals surface area contributed by atoms with Crippen molar-refractivity contribution < 1.29 is 9.59 Å². The molecule has 7 heteroatoms. The van der Waals surface area contributed by atoms with Crippen molar-refractivity contribution >= 4 is 28.3 Å². The second kappa shape index (κ2) is 6.69. The third-order valence-electron chi connectivity index (χ3n) is 3.24. The SMILES string of the molecule is CCNc1nc(C(=O)NC2CCN(C(=O)CC)C2)cs1. The van der Waals surface area contributed by atoms with E-state index in [1.165, 1.54) is 11.3 Å². The molecule has 2 heterocycles. The summed E-state index contributed by atoms with van der Waals surface area (Å²) in [5.74, 6) is -0.0222. The number of nitrogens with one attached hydrogen (secondary N) is 2. The minimum Gasteiger partial charge on any atom is -0.362 e. The minimum atomic E-state index is -0.166. The molecule has 1 atom stereocenters. The summed E-state index contributed by atoms with van der Waals surface area (Å²) >= 11 is 1.42. The van der Waals surface area contributed by atoms with Crippen LogP contribution in [-0.4, -0.2) is 47.4 Å².